The topological polar surface area (TPSA) is 63.0 Å². The summed E-state index contributed by atoms with van der Waals surface area (Å²) in [5, 5.41) is 8.83. The molecule has 0 atom stereocenters. The Balaban J connectivity index is 3.28. The summed E-state index contributed by atoms with van der Waals surface area (Å²) in [6.07, 6.45) is -1.90. The van der Waals surface area contributed by atoms with Gasteiger partial charge in [-0.05, 0) is 18.1 Å². The number of ether oxygens (including phenoxy) is 1. The zero-order valence-electron chi connectivity index (χ0n) is 9.33. The van der Waals surface area contributed by atoms with E-state index in [2.05, 4.69) is 9.72 Å². The van der Waals surface area contributed by atoms with Gasteiger partial charge in [0.25, 0.3) is 6.43 Å². The van der Waals surface area contributed by atoms with Crippen molar-refractivity contribution >= 4 is 5.97 Å². The van der Waals surface area contributed by atoms with Crippen molar-refractivity contribution in [2.75, 3.05) is 7.11 Å². The molecule has 90 valence electrons. The number of halogens is 2. The molecule has 1 heterocycles. The molecule has 0 bridgehead atoms. The van der Waals surface area contributed by atoms with Gasteiger partial charge in [-0.15, -0.1) is 0 Å². The van der Waals surface area contributed by atoms with Crippen LogP contribution in [0, 0.1) is 18.3 Å². The summed E-state index contributed by atoms with van der Waals surface area (Å²) in [6.45, 7) is 1.41. The monoisotopic (exact) mass is 240 g/mol. The molecule has 0 fully saturated rings. The molecule has 0 saturated carbocycles. The largest absolute Gasteiger partial charge is 0.469 e. The average molecular weight is 240 g/mol. The predicted molar refractivity (Wildman–Crippen MR) is 54.4 cm³/mol. The molecule has 0 aliphatic rings. The maximum absolute atomic E-state index is 12.6. The minimum Gasteiger partial charge on any atom is -0.469 e. The van der Waals surface area contributed by atoms with Gasteiger partial charge in [0.1, 0.15) is 11.8 Å². The molecule has 1 aromatic rings. The number of rotatable bonds is 3. The number of carbonyl (C=O) groups is 1. The predicted octanol–water partition coefficient (Wildman–Crippen LogP) is 1.91. The minimum absolute atomic E-state index is 0.109. The highest BCUT2D eigenvalue weighted by atomic mass is 19.3. The van der Waals surface area contributed by atoms with Crippen molar-refractivity contribution in [3.05, 3.63) is 28.6 Å². The van der Waals surface area contributed by atoms with Gasteiger partial charge in [0.2, 0.25) is 0 Å². The second kappa shape index (κ2) is 5.34. The molecule has 17 heavy (non-hydrogen) atoms. The summed E-state index contributed by atoms with van der Waals surface area (Å²) >= 11 is 0. The van der Waals surface area contributed by atoms with Crippen LogP contribution in [0.15, 0.2) is 6.20 Å². The lowest BCUT2D eigenvalue weighted by Crippen LogP contribution is -2.10. The highest BCUT2D eigenvalue weighted by Crippen LogP contribution is 2.25. The van der Waals surface area contributed by atoms with E-state index in [-0.39, 0.29) is 23.1 Å². The minimum atomic E-state index is -2.74. The number of esters is 1. The molecule has 0 unspecified atom stereocenters. The number of carbonyl (C=O) groups excluding carboxylic acids is 1. The van der Waals surface area contributed by atoms with Gasteiger partial charge >= 0.3 is 5.97 Å². The zero-order chi connectivity index (χ0) is 13.0. The van der Waals surface area contributed by atoms with Crippen LogP contribution in [-0.2, 0) is 16.0 Å². The molecule has 0 N–H and O–H groups in total. The van der Waals surface area contributed by atoms with Crippen LogP contribution in [0.4, 0.5) is 8.78 Å². The van der Waals surface area contributed by atoms with Crippen LogP contribution in [0.25, 0.3) is 0 Å². The van der Waals surface area contributed by atoms with Crippen molar-refractivity contribution in [2.24, 2.45) is 0 Å². The molecule has 0 saturated heterocycles. The Hall–Kier alpha value is -2.03. The fourth-order valence-corrected chi connectivity index (χ4v) is 1.43. The first-order chi connectivity index (χ1) is 8.01. The van der Waals surface area contributed by atoms with Crippen molar-refractivity contribution in [3.63, 3.8) is 0 Å². The van der Waals surface area contributed by atoms with Crippen molar-refractivity contribution in [3.8, 4) is 6.07 Å². The molecular formula is C11H10F2N2O2. The van der Waals surface area contributed by atoms with Crippen LogP contribution in [0.2, 0.25) is 0 Å². The number of nitriles is 1. The van der Waals surface area contributed by atoms with Gasteiger partial charge in [-0.3, -0.25) is 9.78 Å². The molecule has 0 aliphatic carbocycles. The van der Waals surface area contributed by atoms with E-state index in [9.17, 15) is 13.6 Å². The number of pyridine rings is 1. The second-order valence-electron chi connectivity index (χ2n) is 3.33. The molecule has 0 radical (unpaired) electrons. The molecule has 6 heteroatoms. The Labute approximate surface area is 96.8 Å². The lowest BCUT2D eigenvalue weighted by Gasteiger charge is -2.10. The van der Waals surface area contributed by atoms with E-state index in [1.54, 1.807) is 0 Å². The Morgan fingerprint density at radius 3 is 2.76 bits per heavy atom. The number of hydrogen-bond donors (Lipinski definition) is 0. The number of methoxy groups -OCH3 is 1. The molecule has 0 aliphatic heterocycles. The van der Waals surface area contributed by atoms with Gasteiger partial charge in [-0.25, -0.2) is 8.78 Å². The molecule has 0 spiro atoms. The Kier molecular flexibility index (Phi) is 4.10. The van der Waals surface area contributed by atoms with Gasteiger partial charge in [0, 0.05) is 6.20 Å². The fourth-order valence-electron chi connectivity index (χ4n) is 1.43. The third-order valence-corrected chi connectivity index (χ3v) is 2.37. The first-order valence-electron chi connectivity index (χ1n) is 4.74. The Bertz CT molecular complexity index is 481. The maximum Gasteiger partial charge on any atom is 0.310 e. The first kappa shape index (κ1) is 13.0. The van der Waals surface area contributed by atoms with Crippen molar-refractivity contribution in [2.45, 2.75) is 19.8 Å². The molecular weight excluding hydrogens is 230 g/mol. The number of hydrogen-bond acceptors (Lipinski definition) is 4. The Morgan fingerprint density at radius 1 is 1.65 bits per heavy atom. The average Bonchev–Trinajstić information content (AvgIpc) is 2.30. The normalized spacial score (nSPS) is 10.1. The molecule has 1 aromatic heterocycles. The SMILES string of the molecule is COC(=O)Cc1c(C#N)cnc(C(F)F)c1C. The highest BCUT2D eigenvalue weighted by molar-refractivity contribution is 5.74. The summed E-state index contributed by atoms with van der Waals surface area (Å²) < 4.78 is 29.7. The van der Waals surface area contributed by atoms with Crippen LogP contribution >= 0.6 is 0 Å². The third-order valence-electron chi connectivity index (χ3n) is 2.37. The summed E-state index contributed by atoms with van der Waals surface area (Å²) in [4.78, 5) is 14.7. The standard InChI is InChI=1S/C11H10F2N2O2/c1-6-8(3-9(16)17-2)7(4-14)5-15-10(6)11(12)13/h5,11H,3H2,1-2H3. The van der Waals surface area contributed by atoms with Crippen LogP contribution < -0.4 is 0 Å². The van der Waals surface area contributed by atoms with E-state index >= 15 is 0 Å². The summed E-state index contributed by atoms with van der Waals surface area (Å²) in [5.41, 5.74) is 0.0919. The lowest BCUT2D eigenvalue weighted by molar-refractivity contribution is -0.139. The molecule has 0 amide bonds. The van der Waals surface area contributed by atoms with Crippen molar-refractivity contribution in [1.29, 1.82) is 5.26 Å². The van der Waals surface area contributed by atoms with E-state index in [1.165, 1.54) is 14.0 Å². The Morgan fingerprint density at radius 2 is 2.29 bits per heavy atom. The lowest BCUT2D eigenvalue weighted by atomic mass is 10.00. The highest BCUT2D eigenvalue weighted by Gasteiger charge is 2.19. The zero-order valence-corrected chi connectivity index (χ0v) is 9.33. The summed E-state index contributed by atoms with van der Waals surface area (Å²) in [7, 11) is 1.19. The van der Waals surface area contributed by atoms with Crippen LogP contribution in [0.5, 0.6) is 0 Å². The summed E-state index contributed by atoms with van der Waals surface area (Å²) in [5.74, 6) is -0.587. The van der Waals surface area contributed by atoms with Crippen LogP contribution in [0.1, 0.15) is 28.8 Å². The number of nitrogens with zero attached hydrogens (tertiary/aromatic N) is 2. The smallest absolute Gasteiger partial charge is 0.310 e. The van der Waals surface area contributed by atoms with Crippen LogP contribution in [0.3, 0.4) is 0 Å². The van der Waals surface area contributed by atoms with Gasteiger partial charge in [-0.2, -0.15) is 5.26 Å². The fraction of sp³-hybridized carbons (Fsp3) is 0.364. The summed E-state index contributed by atoms with van der Waals surface area (Å²) in [6, 6.07) is 1.82. The van der Waals surface area contributed by atoms with Crippen molar-refractivity contribution < 1.29 is 18.3 Å². The van der Waals surface area contributed by atoms with Gasteiger partial charge < -0.3 is 4.74 Å². The van der Waals surface area contributed by atoms with E-state index < -0.39 is 18.1 Å². The van der Waals surface area contributed by atoms with E-state index in [0.717, 1.165) is 6.20 Å². The van der Waals surface area contributed by atoms with E-state index in [1.807, 2.05) is 6.07 Å². The number of aromatic nitrogens is 1. The van der Waals surface area contributed by atoms with Crippen molar-refractivity contribution in [1.82, 2.24) is 4.98 Å². The van der Waals surface area contributed by atoms with Crippen LogP contribution in [-0.4, -0.2) is 18.1 Å². The van der Waals surface area contributed by atoms with Gasteiger partial charge in [-0.1, -0.05) is 0 Å². The molecule has 4 nitrogen and oxygen atoms in total. The third kappa shape index (κ3) is 2.75. The number of alkyl halides is 2. The molecule has 1 rings (SSSR count). The quantitative estimate of drug-likeness (QED) is 0.757. The maximum atomic E-state index is 12.6. The van der Waals surface area contributed by atoms with E-state index in [4.69, 9.17) is 5.26 Å². The van der Waals surface area contributed by atoms with Gasteiger partial charge in [0.05, 0.1) is 19.1 Å². The second-order valence-corrected chi connectivity index (χ2v) is 3.33. The molecule has 0 aromatic carbocycles. The first-order valence-corrected chi connectivity index (χ1v) is 4.74. The van der Waals surface area contributed by atoms with Gasteiger partial charge in [0.15, 0.2) is 0 Å². The van der Waals surface area contributed by atoms with E-state index in [0.29, 0.717) is 0 Å².